The van der Waals surface area contributed by atoms with Gasteiger partial charge in [0.1, 0.15) is 11.9 Å². The predicted molar refractivity (Wildman–Crippen MR) is 119 cm³/mol. The molecule has 2 amide bonds. The van der Waals surface area contributed by atoms with Gasteiger partial charge in [0.15, 0.2) is 5.78 Å². The molecule has 2 saturated heterocycles. The summed E-state index contributed by atoms with van der Waals surface area (Å²) in [4.78, 5) is 43.8. The zero-order valence-electron chi connectivity index (χ0n) is 17.9. The molecule has 4 atom stereocenters. The Morgan fingerprint density at radius 3 is 2.41 bits per heavy atom. The third kappa shape index (κ3) is 2.85. The van der Waals surface area contributed by atoms with Gasteiger partial charge >= 0.3 is 0 Å². The van der Waals surface area contributed by atoms with Crippen LogP contribution >= 0.6 is 11.6 Å². The summed E-state index contributed by atoms with van der Waals surface area (Å²) in [5.74, 6) is -3.14. The van der Waals surface area contributed by atoms with Gasteiger partial charge < -0.3 is 4.90 Å². The normalized spacial score (nSPS) is 26.3. The smallest absolute Gasteiger partial charge is 0.240 e. The molecule has 3 heterocycles. The largest absolute Gasteiger partial charge is 0.359 e. The molecule has 7 heteroatoms. The van der Waals surface area contributed by atoms with Crippen molar-refractivity contribution >= 4 is 41.0 Å². The summed E-state index contributed by atoms with van der Waals surface area (Å²) in [5.41, 5.74) is 1.38. The van der Waals surface area contributed by atoms with Crippen molar-refractivity contribution in [2.45, 2.75) is 32.9 Å². The lowest BCUT2D eigenvalue weighted by Gasteiger charge is -2.37. The van der Waals surface area contributed by atoms with Gasteiger partial charge in [-0.2, -0.15) is 0 Å². The van der Waals surface area contributed by atoms with Crippen LogP contribution in [0.2, 0.25) is 5.02 Å². The molecule has 5 nitrogen and oxygen atoms in total. The van der Waals surface area contributed by atoms with Gasteiger partial charge in [0.25, 0.3) is 0 Å². The van der Waals surface area contributed by atoms with Crippen LogP contribution in [-0.4, -0.2) is 28.5 Å². The number of benzene rings is 2. The fourth-order valence-corrected chi connectivity index (χ4v) is 5.35. The number of rotatable bonds is 2. The molecule has 3 aliphatic rings. The Bertz CT molecular complexity index is 1200. The number of halogens is 2. The number of anilines is 1. The van der Waals surface area contributed by atoms with E-state index in [2.05, 4.69) is 0 Å². The van der Waals surface area contributed by atoms with Crippen molar-refractivity contribution in [3.05, 3.63) is 70.6 Å². The first-order valence-corrected chi connectivity index (χ1v) is 10.9. The van der Waals surface area contributed by atoms with Gasteiger partial charge in [-0.3, -0.25) is 14.4 Å². The lowest BCUT2D eigenvalue weighted by Crippen LogP contribution is -2.47. The third-order valence-corrected chi connectivity index (χ3v) is 6.92. The van der Waals surface area contributed by atoms with Crippen molar-refractivity contribution in [3.63, 3.8) is 0 Å². The highest BCUT2D eigenvalue weighted by Crippen LogP contribution is 2.54. The molecule has 0 radical (unpaired) electrons. The molecule has 2 aromatic carbocycles. The summed E-state index contributed by atoms with van der Waals surface area (Å²) in [5, 5.41) is -0.171. The minimum atomic E-state index is -0.834. The number of Topliss-reactive ketones (excluding diaryl/α,β-unsaturated/α-hetero) is 1. The number of hydrogen-bond donors (Lipinski definition) is 0. The van der Waals surface area contributed by atoms with Gasteiger partial charge in [-0.1, -0.05) is 56.6 Å². The van der Waals surface area contributed by atoms with Crippen LogP contribution < -0.4 is 4.90 Å². The molecule has 0 aromatic heterocycles. The maximum absolute atomic E-state index is 13.7. The highest BCUT2D eigenvalue weighted by molar-refractivity contribution is 6.31. The molecule has 32 heavy (non-hydrogen) atoms. The molecule has 0 spiro atoms. The number of hydrogen-bond acceptors (Lipinski definition) is 4. The van der Waals surface area contributed by atoms with Gasteiger partial charge in [0.2, 0.25) is 11.8 Å². The highest BCUT2D eigenvalue weighted by atomic mass is 35.5. The molecule has 0 saturated carbocycles. The van der Waals surface area contributed by atoms with Crippen LogP contribution in [0.3, 0.4) is 0 Å². The molecule has 0 N–H and O–H groups in total. The maximum atomic E-state index is 13.7. The predicted octanol–water partition coefficient (Wildman–Crippen LogP) is 4.61. The monoisotopic (exact) mass is 452 g/mol. The fourth-order valence-electron chi connectivity index (χ4n) is 5.18. The van der Waals surface area contributed by atoms with E-state index in [1.54, 1.807) is 0 Å². The number of carbonyl (C=O) groups is 3. The van der Waals surface area contributed by atoms with Crippen molar-refractivity contribution in [1.82, 2.24) is 4.90 Å². The summed E-state index contributed by atoms with van der Waals surface area (Å²) in [6.45, 7) is 5.45. The van der Waals surface area contributed by atoms with Gasteiger partial charge in [0.05, 0.1) is 28.6 Å². The second kappa shape index (κ2) is 7.01. The van der Waals surface area contributed by atoms with Crippen LogP contribution in [0.5, 0.6) is 0 Å². The van der Waals surface area contributed by atoms with Crippen molar-refractivity contribution in [2.75, 3.05) is 4.90 Å². The van der Waals surface area contributed by atoms with Gasteiger partial charge in [-0.15, -0.1) is 0 Å². The first kappa shape index (κ1) is 20.9. The maximum Gasteiger partial charge on any atom is 0.240 e. The average molecular weight is 453 g/mol. The Morgan fingerprint density at radius 2 is 1.72 bits per heavy atom. The van der Waals surface area contributed by atoms with E-state index in [9.17, 15) is 18.8 Å². The molecular formula is C25H22ClFN2O3. The lowest BCUT2D eigenvalue weighted by atomic mass is 9.79. The van der Waals surface area contributed by atoms with E-state index in [1.807, 2.05) is 62.2 Å². The van der Waals surface area contributed by atoms with Crippen LogP contribution in [0.4, 0.5) is 10.1 Å². The highest BCUT2D eigenvalue weighted by Gasteiger charge is 2.65. The van der Waals surface area contributed by atoms with Crippen molar-refractivity contribution in [1.29, 1.82) is 0 Å². The molecule has 0 unspecified atom stereocenters. The van der Waals surface area contributed by atoms with E-state index in [4.69, 9.17) is 11.6 Å². The standard InChI is InChI=1S/C25H22ClFN2O3/c1-25(2,3)22(30)21-19-18(20-15-7-5-4-6-13(15)10-11-28(20)21)23(31)29(24(19)32)14-8-9-17(27)16(26)12-14/h4-12,18-21H,1-3H3/t18-,19-,20+,21+/m1/s1. The van der Waals surface area contributed by atoms with E-state index in [-0.39, 0.29) is 16.5 Å². The molecular weight excluding hydrogens is 431 g/mol. The molecule has 0 aliphatic carbocycles. The zero-order chi connectivity index (χ0) is 22.9. The van der Waals surface area contributed by atoms with Crippen LogP contribution in [-0.2, 0) is 14.4 Å². The summed E-state index contributed by atoms with van der Waals surface area (Å²) in [6.07, 6.45) is 3.75. The van der Waals surface area contributed by atoms with Crippen LogP contribution in [0.25, 0.3) is 6.08 Å². The van der Waals surface area contributed by atoms with Gasteiger partial charge in [-0.25, -0.2) is 9.29 Å². The Morgan fingerprint density at radius 1 is 1.03 bits per heavy atom. The molecule has 0 bridgehead atoms. The second-order valence-electron chi connectivity index (χ2n) is 9.56. The number of carbonyl (C=O) groups excluding carboxylic acids is 3. The number of ketones is 1. The van der Waals surface area contributed by atoms with E-state index < -0.39 is 47.0 Å². The summed E-state index contributed by atoms with van der Waals surface area (Å²) in [7, 11) is 0. The lowest BCUT2D eigenvalue weighted by molar-refractivity contribution is -0.135. The molecule has 164 valence electrons. The van der Waals surface area contributed by atoms with E-state index >= 15 is 0 Å². The Kier molecular flexibility index (Phi) is 4.57. The van der Waals surface area contributed by atoms with Crippen molar-refractivity contribution in [3.8, 4) is 0 Å². The van der Waals surface area contributed by atoms with Crippen molar-refractivity contribution in [2.24, 2.45) is 17.3 Å². The number of fused-ring (bicyclic) bond motifs is 5. The van der Waals surface area contributed by atoms with E-state index in [1.165, 1.54) is 12.1 Å². The van der Waals surface area contributed by atoms with Crippen LogP contribution in [0.1, 0.15) is 37.9 Å². The molecule has 2 fully saturated rings. The van der Waals surface area contributed by atoms with Crippen LogP contribution in [0.15, 0.2) is 48.7 Å². The van der Waals surface area contributed by atoms with E-state index in [0.29, 0.717) is 0 Å². The first-order chi connectivity index (χ1) is 15.1. The molecule has 3 aliphatic heterocycles. The SMILES string of the molecule is CC(C)(C)C(=O)[C@@H]1[C@@H]2C(=O)N(c3ccc(F)c(Cl)c3)C(=O)[C@H]2[C@@H]2c3ccccc3C=CN12. The van der Waals surface area contributed by atoms with E-state index in [0.717, 1.165) is 22.1 Å². The Labute approximate surface area is 190 Å². The van der Waals surface area contributed by atoms with Crippen LogP contribution in [0, 0.1) is 23.1 Å². The first-order valence-electron chi connectivity index (χ1n) is 10.5. The second-order valence-corrected chi connectivity index (χ2v) is 9.96. The number of amides is 2. The summed E-state index contributed by atoms with van der Waals surface area (Å²) >= 11 is 5.93. The fraction of sp³-hybridized carbons (Fsp3) is 0.320. The molecule has 5 rings (SSSR count). The number of nitrogens with zero attached hydrogens (tertiary/aromatic N) is 2. The average Bonchev–Trinajstić information content (AvgIpc) is 3.22. The Hall–Kier alpha value is -2.99. The minimum Gasteiger partial charge on any atom is -0.359 e. The van der Waals surface area contributed by atoms with Crippen molar-refractivity contribution < 1.29 is 18.8 Å². The summed E-state index contributed by atoms with van der Waals surface area (Å²) in [6, 6.07) is 10.3. The van der Waals surface area contributed by atoms with Gasteiger partial charge in [-0.05, 0) is 35.4 Å². The van der Waals surface area contributed by atoms with Gasteiger partial charge in [0, 0.05) is 11.6 Å². The minimum absolute atomic E-state index is 0.0980. The summed E-state index contributed by atoms with van der Waals surface area (Å²) < 4.78 is 13.7. The zero-order valence-corrected chi connectivity index (χ0v) is 18.6. The number of imide groups is 1. The quantitative estimate of drug-likeness (QED) is 0.624. The third-order valence-electron chi connectivity index (χ3n) is 6.63. The molecule has 2 aromatic rings. The Balaban J connectivity index is 1.67. The topological polar surface area (TPSA) is 57.7 Å².